The molecule has 0 aliphatic heterocycles. The van der Waals surface area contributed by atoms with Crippen LogP contribution in [0.1, 0.15) is 5.82 Å². The molecule has 0 saturated heterocycles. The number of hydrogen-bond donors (Lipinski definition) is 3. The van der Waals surface area contributed by atoms with E-state index in [2.05, 4.69) is 20.6 Å². The number of tetrazole rings is 1. The van der Waals surface area contributed by atoms with Gasteiger partial charge in [0.2, 0.25) is 0 Å². The first-order chi connectivity index (χ1) is 5.08. The summed E-state index contributed by atoms with van der Waals surface area (Å²) < 4.78 is 10.3. The zero-order valence-electron chi connectivity index (χ0n) is 5.51. The number of rotatable bonds is 3. The molecule has 0 aliphatic rings. The summed E-state index contributed by atoms with van der Waals surface area (Å²) in [5.74, 6) is 0.383. The standard InChI is InChI=1S/C3H7N4O3P/c8-11(9,10)2-1-3-4-6-7-5-3/h1-2H2,(H2,8,9,10)(H,4,5,6,7). The maximum absolute atomic E-state index is 10.3. The molecule has 11 heavy (non-hydrogen) atoms. The maximum Gasteiger partial charge on any atom is 0.326 e. The first kappa shape index (κ1) is 8.32. The van der Waals surface area contributed by atoms with E-state index in [9.17, 15) is 4.57 Å². The van der Waals surface area contributed by atoms with Gasteiger partial charge in [-0.15, -0.1) is 5.10 Å². The number of nitrogens with one attached hydrogen (secondary N) is 1. The van der Waals surface area contributed by atoms with Crippen molar-refractivity contribution in [2.24, 2.45) is 0 Å². The Labute approximate surface area is 62.0 Å². The minimum absolute atomic E-state index is 0.164. The molecular weight excluding hydrogens is 171 g/mol. The van der Waals surface area contributed by atoms with Crippen LogP contribution in [-0.4, -0.2) is 36.6 Å². The normalized spacial score (nSPS) is 11.8. The summed E-state index contributed by atoms with van der Waals surface area (Å²) in [6.45, 7) is 0. The Hall–Kier alpha value is -0.780. The Balaban J connectivity index is 2.41. The van der Waals surface area contributed by atoms with Crippen LogP contribution < -0.4 is 0 Å². The number of aryl methyl sites for hydroxylation is 1. The van der Waals surface area contributed by atoms with E-state index < -0.39 is 7.60 Å². The van der Waals surface area contributed by atoms with E-state index in [1.165, 1.54) is 0 Å². The summed E-state index contributed by atoms with van der Waals surface area (Å²) in [5, 5.41) is 12.4. The Kier molecular flexibility index (Phi) is 2.33. The summed E-state index contributed by atoms with van der Waals surface area (Å²) in [7, 11) is -3.92. The number of aromatic nitrogens is 4. The van der Waals surface area contributed by atoms with Gasteiger partial charge in [0.1, 0.15) is 5.82 Å². The Morgan fingerprint density at radius 1 is 1.55 bits per heavy atom. The van der Waals surface area contributed by atoms with Crippen LogP contribution in [0.2, 0.25) is 0 Å². The van der Waals surface area contributed by atoms with E-state index in [1.807, 2.05) is 0 Å². The second-order valence-electron chi connectivity index (χ2n) is 1.99. The molecule has 0 atom stereocenters. The van der Waals surface area contributed by atoms with Gasteiger partial charge < -0.3 is 9.79 Å². The van der Waals surface area contributed by atoms with Crippen molar-refractivity contribution in [3.8, 4) is 0 Å². The Bertz CT molecular complexity index is 254. The maximum atomic E-state index is 10.3. The minimum atomic E-state index is -3.92. The fraction of sp³-hybridized carbons (Fsp3) is 0.667. The van der Waals surface area contributed by atoms with Gasteiger partial charge >= 0.3 is 7.60 Å². The first-order valence-corrected chi connectivity index (χ1v) is 4.65. The molecule has 1 rings (SSSR count). The summed E-state index contributed by atoms with van der Waals surface area (Å²) in [6, 6.07) is 0. The van der Waals surface area contributed by atoms with Crippen molar-refractivity contribution >= 4 is 7.60 Å². The number of hydrogen-bond acceptors (Lipinski definition) is 4. The first-order valence-electron chi connectivity index (χ1n) is 2.85. The van der Waals surface area contributed by atoms with E-state index in [0.29, 0.717) is 5.82 Å². The van der Waals surface area contributed by atoms with Crippen LogP contribution in [0.4, 0.5) is 0 Å². The SMILES string of the molecule is O=P(O)(O)CCc1nnn[nH]1. The van der Waals surface area contributed by atoms with Crippen molar-refractivity contribution in [1.82, 2.24) is 20.6 Å². The summed E-state index contributed by atoms with van der Waals surface area (Å²) in [6.07, 6.45) is -0.0683. The zero-order valence-corrected chi connectivity index (χ0v) is 6.40. The minimum Gasteiger partial charge on any atom is -0.324 e. The summed E-state index contributed by atoms with van der Waals surface area (Å²) in [5.41, 5.74) is 0. The van der Waals surface area contributed by atoms with Gasteiger partial charge in [-0.2, -0.15) is 0 Å². The van der Waals surface area contributed by atoms with Gasteiger partial charge in [0.05, 0.1) is 6.16 Å². The fourth-order valence-corrected chi connectivity index (χ4v) is 1.04. The summed E-state index contributed by atoms with van der Waals surface area (Å²) >= 11 is 0. The van der Waals surface area contributed by atoms with Gasteiger partial charge in [0.15, 0.2) is 0 Å². The quantitative estimate of drug-likeness (QED) is 0.507. The molecule has 62 valence electrons. The molecule has 0 fully saturated rings. The monoisotopic (exact) mass is 178 g/mol. The highest BCUT2D eigenvalue weighted by Crippen LogP contribution is 2.34. The van der Waals surface area contributed by atoms with Gasteiger partial charge in [-0.05, 0) is 10.4 Å². The molecule has 1 aromatic heterocycles. The van der Waals surface area contributed by atoms with Crippen LogP contribution in [-0.2, 0) is 11.0 Å². The van der Waals surface area contributed by atoms with Crippen LogP contribution in [0, 0.1) is 0 Å². The third kappa shape index (κ3) is 3.22. The molecule has 0 amide bonds. The van der Waals surface area contributed by atoms with Crippen LogP contribution in [0.25, 0.3) is 0 Å². The number of nitrogens with zero attached hydrogens (tertiary/aromatic N) is 3. The second-order valence-corrected chi connectivity index (χ2v) is 3.76. The van der Waals surface area contributed by atoms with Crippen LogP contribution >= 0.6 is 7.60 Å². The third-order valence-electron chi connectivity index (χ3n) is 1.03. The molecule has 0 aliphatic carbocycles. The van der Waals surface area contributed by atoms with Crippen molar-refractivity contribution in [3.05, 3.63) is 5.82 Å². The van der Waals surface area contributed by atoms with Crippen molar-refractivity contribution in [3.63, 3.8) is 0 Å². The van der Waals surface area contributed by atoms with E-state index >= 15 is 0 Å². The molecule has 0 radical (unpaired) electrons. The molecule has 8 heteroatoms. The number of aromatic amines is 1. The lowest BCUT2D eigenvalue weighted by Gasteiger charge is -1.98. The predicted molar refractivity (Wildman–Crippen MR) is 34.8 cm³/mol. The van der Waals surface area contributed by atoms with Gasteiger partial charge in [-0.25, -0.2) is 5.10 Å². The highest BCUT2D eigenvalue weighted by Gasteiger charge is 2.13. The highest BCUT2D eigenvalue weighted by atomic mass is 31.2. The van der Waals surface area contributed by atoms with Crippen molar-refractivity contribution < 1.29 is 14.4 Å². The molecule has 1 heterocycles. The third-order valence-corrected chi connectivity index (χ3v) is 1.84. The fourth-order valence-electron chi connectivity index (χ4n) is 0.536. The van der Waals surface area contributed by atoms with Gasteiger partial charge in [-0.1, -0.05) is 0 Å². The van der Waals surface area contributed by atoms with E-state index in [-0.39, 0.29) is 12.6 Å². The molecule has 0 bridgehead atoms. The highest BCUT2D eigenvalue weighted by molar-refractivity contribution is 7.51. The van der Waals surface area contributed by atoms with E-state index in [1.54, 1.807) is 0 Å². The van der Waals surface area contributed by atoms with Crippen molar-refractivity contribution in [1.29, 1.82) is 0 Å². The smallest absolute Gasteiger partial charge is 0.324 e. The lowest BCUT2D eigenvalue weighted by molar-refractivity contribution is 0.372. The number of H-pyrrole nitrogens is 1. The molecule has 7 nitrogen and oxygen atoms in total. The average Bonchev–Trinajstić information content (AvgIpc) is 2.32. The molecule has 0 unspecified atom stereocenters. The van der Waals surface area contributed by atoms with Gasteiger partial charge in [0, 0.05) is 6.42 Å². The van der Waals surface area contributed by atoms with Crippen LogP contribution in [0.3, 0.4) is 0 Å². The van der Waals surface area contributed by atoms with Crippen LogP contribution in [0.5, 0.6) is 0 Å². The Morgan fingerprint density at radius 2 is 2.27 bits per heavy atom. The lowest BCUT2D eigenvalue weighted by Crippen LogP contribution is -1.95. The Morgan fingerprint density at radius 3 is 2.73 bits per heavy atom. The lowest BCUT2D eigenvalue weighted by atomic mass is 10.5. The average molecular weight is 178 g/mol. The van der Waals surface area contributed by atoms with Crippen molar-refractivity contribution in [2.75, 3.05) is 6.16 Å². The summed E-state index contributed by atoms with van der Waals surface area (Å²) in [4.78, 5) is 16.9. The topological polar surface area (TPSA) is 112 Å². The molecule has 0 spiro atoms. The molecule has 3 N–H and O–H groups in total. The molecule has 1 aromatic rings. The van der Waals surface area contributed by atoms with Gasteiger partial charge in [-0.3, -0.25) is 4.57 Å². The van der Waals surface area contributed by atoms with Crippen LogP contribution in [0.15, 0.2) is 0 Å². The second kappa shape index (κ2) is 3.08. The largest absolute Gasteiger partial charge is 0.326 e. The van der Waals surface area contributed by atoms with E-state index in [0.717, 1.165) is 0 Å². The van der Waals surface area contributed by atoms with Gasteiger partial charge in [0.25, 0.3) is 0 Å². The molecule has 0 aromatic carbocycles. The molecule has 0 saturated carbocycles. The molecular formula is C3H7N4O3P. The van der Waals surface area contributed by atoms with Crippen molar-refractivity contribution in [2.45, 2.75) is 6.42 Å². The zero-order chi connectivity index (χ0) is 8.32. The predicted octanol–water partition coefficient (Wildman–Crippen LogP) is -1.08. The van der Waals surface area contributed by atoms with E-state index in [4.69, 9.17) is 9.79 Å².